The predicted octanol–water partition coefficient (Wildman–Crippen LogP) is 3.18. The molecule has 0 saturated heterocycles. The zero-order valence-electron chi connectivity index (χ0n) is 12.9. The molecule has 130 valence electrons. The first-order chi connectivity index (χ1) is 12.4. The lowest BCUT2D eigenvalue weighted by molar-refractivity contribution is -0.384. The number of hydrogen-bond donors (Lipinski definition) is 1. The Balaban J connectivity index is 2.12. The van der Waals surface area contributed by atoms with Gasteiger partial charge in [0, 0.05) is 23.7 Å². The highest BCUT2D eigenvalue weighted by atomic mass is 35.5. The van der Waals surface area contributed by atoms with Gasteiger partial charge in [0.1, 0.15) is 11.5 Å². The van der Waals surface area contributed by atoms with E-state index in [9.17, 15) is 19.3 Å². The van der Waals surface area contributed by atoms with Crippen LogP contribution in [0.1, 0.15) is 16.1 Å². The number of nitrogens with zero attached hydrogens (tertiary/aromatic N) is 4. The fourth-order valence-corrected chi connectivity index (χ4v) is 2.36. The van der Waals surface area contributed by atoms with E-state index in [0.29, 0.717) is 5.56 Å². The van der Waals surface area contributed by atoms with Crippen molar-refractivity contribution in [2.45, 2.75) is 0 Å². The number of amides is 1. The molecular formula is C16H9ClFN5O3. The highest BCUT2D eigenvalue weighted by Crippen LogP contribution is 2.30. The van der Waals surface area contributed by atoms with Gasteiger partial charge in [-0.05, 0) is 29.8 Å². The molecule has 3 rings (SSSR count). The molecule has 26 heavy (non-hydrogen) atoms. The van der Waals surface area contributed by atoms with E-state index in [4.69, 9.17) is 17.3 Å². The SMILES string of the molecule is NC(=O)c1nnc2cc(Cl)c(F)cc2c1/N=C/c1ccc([N+](=O)[O-])cc1. The first kappa shape index (κ1) is 17.4. The van der Waals surface area contributed by atoms with E-state index in [2.05, 4.69) is 15.2 Å². The maximum Gasteiger partial charge on any atom is 0.271 e. The normalized spacial score (nSPS) is 11.2. The van der Waals surface area contributed by atoms with Crippen molar-refractivity contribution < 1.29 is 14.1 Å². The van der Waals surface area contributed by atoms with Crippen LogP contribution in [0.5, 0.6) is 0 Å². The van der Waals surface area contributed by atoms with Crippen LogP contribution in [-0.2, 0) is 0 Å². The third kappa shape index (κ3) is 3.33. The first-order valence-electron chi connectivity index (χ1n) is 7.10. The Morgan fingerprint density at radius 1 is 1.27 bits per heavy atom. The lowest BCUT2D eigenvalue weighted by Crippen LogP contribution is -2.14. The van der Waals surface area contributed by atoms with Crippen LogP contribution in [0.15, 0.2) is 41.4 Å². The molecule has 0 unspecified atom stereocenters. The van der Waals surface area contributed by atoms with Crippen LogP contribution in [0, 0.1) is 15.9 Å². The third-order valence-corrected chi connectivity index (χ3v) is 3.75. The van der Waals surface area contributed by atoms with Crippen molar-refractivity contribution >= 4 is 46.0 Å². The summed E-state index contributed by atoms with van der Waals surface area (Å²) in [6, 6.07) is 7.90. The zero-order valence-corrected chi connectivity index (χ0v) is 13.6. The van der Waals surface area contributed by atoms with E-state index in [1.165, 1.54) is 36.5 Å². The molecule has 2 N–H and O–H groups in total. The summed E-state index contributed by atoms with van der Waals surface area (Å²) in [5.41, 5.74) is 5.75. The smallest absolute Gasteiger partial charge is 0.271 e. The van der Waals surface area contributed by atoms with Crippen LogP contribution in [0.25, 0.3) is 10.9 Å². The topological polar surface area (TPSA) is 124 Å². The third-order valence-electron chi connectivity index (χ3n) is 3.46. The average Bonchev–Trinajstić information content (AvgIpc) is 2.61. The van der Waals surface area contributed by atoms with Crippen molar-refractivity contribution in [2.75, 3.05) is 0 Å². The molecule has 0 aliphatic rings. The van der Waals surface area contributed by atoms with Crippen LogP contribution in [-0.4, -0.2) is 27.2 Å². The van der Waals surface area contributed by atoms with Crippen molar-refractivity contribution in [3.05, 3.63) is 68.6 Å². The maximum atomic E-state index is 13.8. The minimum atomic E-state index is -0.884. The van der Waals surface area contributed by atoms with Gasteiger partial charge in [0.05, 0.1) is 15.5 Å². The van der Waals surface area contributed by atoms with Gasteiger partial charge in [-0.1, -0.05) is 11.6 Å². The molecule has 1 aromatic heterocycles. The van der Waals surface area contributed by atoms with E-state index in [-0.39, 0.29) is 33.0 Å². The van der Waals surface area contributed by atoms with Gasteiger partial charge in [-0.15, -0.1) is 10.2 Å². The number of aliphatic imine (C=N–C) groups is 1. The lowest BCUT2D eigenvalue weighted by Gasteiger charge is -2.06. The Bertz CT molecular complexity index is 1070. The van der Waals surface area contributed by atoms with Gasteiger partial charge >= 0.3 is 0 Å². The van der Waals surface area contributed by atoms with Crippen molar-refractivity contribution in [1.29, 1.82) is 0 Å². The van der Waals surface area contributed by atoms with Crippen molar-refractivity contribution in [2.24, 2.45) is 10.7 Å². The fourth-order valence-electron chi connectivity index (χ4n) is 2.21. The summed E-state index contributed by atoms with van der Waals surface area (Å²) in [4.78, 5) is 25.9. The van der Waals surface area contributed by atoms with Crippen LogP contribution >= 0.6 is 11.6 Å². The molecular weight excluding hydrogens is 365 g/mol. The first-order valence-corrected chi connectivity index (χ1v) is 7.48. The Morgan fingerprint density at radius 3 is 2.58 bits per heavy atom. The number of fused-ring (bicyclic) bond motifs is 1. The quantitative estimate of drug-likeness (QED) is 0.427. The minimum Gasteiger partial charge on any atom is -0.364 e. The Labute approximate surface area is 150 Å². The Kier molecular flexibility index (Phi) is 4.55. The van der Waals surface area contributed by atoms with E-state index in [1.54, 1.807) is 0 Å². The number of nitro groups is 1. The number of carbonyl (C=O) groups excluding carboxylic acids is 1. The summed E-state index contributed by atoms with van der Waals surface area (Å²) in [7, 11) is 0. The second kappa shape index (κ2) is 6.81. The second-order valence-corrected chi connectivity index (χ2v) is 5.56. The molecule has 0 bridgehead atoms. The van der Waals surface area contributed by atoms with E-state index >= 15 is 0 Å². The van der Waals surface area contributed by atoms with Gasteiger partial charge < -0.3 is 5.73 Å². The molecule has 8 nitrogen and oxygen atoms in total. The highest BCUT2D eigenvalue weighted by molar-refractivity contribution is 6.31. The summed E-state index contributed by atoms with van der Waals surface area (Å²) in [5, 5.41) is 18.2. The van der Waals surface area contributed by atoms with E-state index < -0.39 is 16.6 Å². The molecule has 1 amide bonds. The van der Waals surface area contributed by atoms with E-state index in [0.717, 1.165) is 6.07 Å². The van der Waals surface area contributed by atoms with Gasteiger partial charge in [0.2, 0.25) is 0 Å². The molecule has 1 heterocycles. The van der Waals surface area contributed by atoms with Crippen LogP contribution in [0.4, 0.5) is 15.8 Å². The molecule has 3 aromatic rings. The largest absolute Gasteiger partial charge is 0.364 e. The molecule has 10 heteroatoms. The van der Waals surface area contributed by atoms with Crippen LogP contribution in [0.2, 0.25) is 5.02 Å². The molecule has 0 spiro atoms. The number of aromatic nitrogens is 2. The Morgan fingerprint density at radius 2 is 1.96 bits per heavy atom. The second-order valence-electron chi connectivity index (χ2n) is 5.15. The summed E-state index contributed by atoms with van der Waals surface area (Å²) in [6.45, 7) is 0. The number of hydrogen-bond acceptors (Lipinski definition) is 6. The monoisotopic (exact) mass is 373 g/mol. The number of benzene rings is 2. The van der Waals surface area contributed by atoms with Gasteiger partial charge in [-0.2, -0.15) is 0 Å². The molecule has 0 atom stereocenters. The molecule has 0 aliphatic heterocycles. The van der Waals surface area contributed by atoms with Crippen LogP contribution in [0.3, 0.4) is 0 Å². The van der Waals surface area contributed by atoms with Gasteiger partial charge in [0.25, 0.3) is 11.6 Å². The molecule has 0 saturated carbocycles. The molecule has 2 aromatic carbocycles. The Hall–Kier alpha value is -3.46. The predicted molar refractivity (Wildman–Crippen MR) is 93.4 cm³/mol. The maximum absolute atomic E-state index is 13.8. The molecule has 0 fully saturated rings. The average molecular weight is 374 g/mol. The highest BCUT2D eigenvalue weighted by Gasteiger charge is 2.16. The van der Waals surface area contributed by atoms with Crippen molar-refractivity contribution in [3.8, 4) is 0 Å². The lowest BCUT2D eigenvalue weighted by atomic mass is 10.1. The summed E-state index contributed by atoms with van der Waals surface area (Å²) >= 11 is 5.73. The summed E-state index contributed by atoms with van der Waals surface area (Å²) in [5.74, 6) is -1.60. The van der Waals surface area contributed by atoms with Gasteiger partial charge in [0.15, 0.2) is 5.69 Å². The number of halogens is 2. The fraction of sp³-hybridized carbons (Fsp3) is 0. The molecule has 0 radical (unpaired) electrons. The van der Waals surface area contributed by atoms with Crippen molar-refractivity contribution in [3.63, 3.8) is 0 Å². The number of non-ortho nitro benzene ring substituents is 1. The van der Waals surface area contributed by atoms with E-state index in [1.807, 2.05) is 0 Å². The summed E-state index contributed by atoms with van der Waals surface area (Å²) in [6.07, 6.45) is 1.35. The number of nitro benzene ring substituents is 1. The number of nitrogens with two attached hydrogens (primary N) is 1. The summed E-state index contributed by atoms with van der Waals surface area (Å²) < 4.78 is 13.8. The zero-order chi connectivity index (χ0) is 18.8. The van der Waals surface area contributed by atoms with Crippen molar-refractivity contribution in [1.82, 2.24) is 10.2 Å². The van der Waals surface area contributed by atoms with Gasteiger partial charge in [-0.3, -0.25) is 19.9 Å². The van der Waals surface area contributed by atoms with Gasteiger partial charge in [-0.25, -0.2) is 4.39 Å². The number of primary amides is 1. The number of carbonyl (C=O) groups is 1. The minimum absolute atomic E-state index is 0.0245. The molecule has 0 aliphatic carbocycles. The van der Waals surface area contributed by atoms with Crippen LogP contribution < -0.4 is 5.73 Å². The standard InChI is InChI=1S/C16H9ClFN5O3/c17-11-6-13-10(5-12(11)18)14(15(16(19)24)22-21-13)20-7-8-1-3-9(4-2-8)23(25)26/h1-7H,(H2,19,24)/b20-7+. The number of rotatable bonds is 4.